The molecule has 0 heterocycles. The van der Waals surface area contributed by atoms with Crippen LogP contribution in [0.1, 0.15) is 22.6 Å². The van der Waals surface area contributed by atoms with Crippen molar-refractivity contribution in [3.63, 3.8) is 0 Å². The highest BCUT2D eigenvalue weighted by molar-refractivity contribution is 7.86. The van der Waals surface area contributed by atoms with Crippen LogP contribution in [0.25, 0.3) is 0 Å². The first-order valence-electron chi connectivity index (χ1n) is 7.97. The quantitative estimate of drug-likeness (QED) is 0.196. The average Bonchev–Trinajstić information content (AvgIpc) is 2.65. The highest BCUT2D eigenvalue weighted by Crippen LogP contribution is 2.47. The normalized spacial score (nSPS) is 12.8. The second-order valence-corrected chi connectivity index (χ2v) is 10.2. The van der Waals surface area contributed by atoms with Gasteiger partial charge in [0.05, 0.1) is 35.2 Å². The lowest BCUT2D eigenvalue weighted by Crippen LogP contribution is -2.09. The molecule has 158 valence electrons. The van der Waals surface area contributed by atoms with Crippen molar-refractivity contribution in [2.24, 2.45) is 0 Å². The van der Waals surface area contributed by atoms with E-state index in [1.165, 1.54) is 18.2 Å². The van der Waals surface area contributed by atoms with Crippen LogP contribution in [0.4, 0.5) is 0 Å². The Morgan fingerprint density at radius 3 is 1.70 bits per heavy atom. The molecule has 0 aliphatic carbocycles. The van der Waals surface area contributed by atoms with E-state index >= 15 is 0 Å². The number of rotatable bonds is 4. The summed E-state index contributed by atoms with van der Waals surface area (Å²) in [5.41, 5.74) is 1.15. The third kappa shape index (κ3) is 4.54. The van der Waals surface area contributed by atoms with Gasteiger partial charge in [0, 0.05) is 5.92 Å². The first kappa shape index (κ1) is 24.2. The smallest absolute Gasteiger partial charge is 0.282 e. The third-order valence-corrected chi connectivity index (χ3v) is 8.34. The van der Waals surface area contributed by atoms with E-state index in [-0.39, 0.29) is 40.7 Å². The molecule has 0 spiro atoms. The lowest BCUT2D eigenvalue weighted by Gasteiger charge is -2.24. The molecule has 11 heteroatoms. The molecule has 0 amide bonds. The topological polar surface area (TPSA) is 54.4 Å². The fraction of sp³-hybridized carbons (Fsp3) is 0.0526. The van der Waals surface area contributed by atoms with Gasteiger partial charge in [0.2, 0.25) is 0 Å². The predicted molar refractivity (Wildman–Crippen MR) is 125 cm³/mol. The van der Waals surface area contributed by atoms with E-state index in [9.17, 15) is 13.0 Å². The van der Waals surface area contributed by atoms with Gasteiger partial charge in [-0.25, -0.2) is 0 Å². The van der Waals surface area contributed by atoms with Gasteiger partial charge >= 0.3 is 0 Å². The van der Waals surface area contributed by atoms with Gasteiger partial charge in [-0.1, -0.05) is 105 Å². The molecule has 30 heavy (non-hydrogen) atoms. The van der Waals surface area contributed by atoms with Crippen LogP contribution in [0.2, 0.25) is 35.2 Å². The van der Waals surface area contributed by atoms with Crippen LogP contribution in [0, 0.1) is 0 Å². The Bertz CT molecular complexity index is 1260. The Morgan fingerprint density at radius 1 is 0.600 bits per heavy atom. The third-order valence-electron chi connectivity index (χ3n) is 4.32. The van der Waals surface area contributed by atoms with Crippen molar-refractivity contribution in [1.29, 1.82) is 0 Å². The summed E-state index contributed by atoms with van der Waals surface area (Å²) in [5, 5.41) is 0.350. The summed E-state index contributed by atoms with van der Waals surface area (Å²) in [6, 6.07) is 10.9. The average molecular weight is 566 g/mol. The summed E-state index contributed by atoms with van der Waals surface area (Å²) in [6.45, 7) is 0. The van der Waals surface area contributed by atoms with E-state index < -0.39 is 20.9 Å². The molecular weight excluding hydrogens is 556 g/mol. The Balaban J connectivity index is 2.44. The second-order valence-electron chi connectivity index (χ2n) is 6.10. The standard InChI is InChI=1S/C19H9Cl7O3S/c20-11-3-1-2-8(15(11)23)14(9-4-6-12(21)18(26)16(9)24)10-5-7-13(22)19(17(10)25)30(27,28)29/h1-7,14H,(H,27,28,29). The Hall–Kier alpha value is -0.400. The van der Waals surface area contributed by atoms with E-state index in [0.717, 1.165) is 0 Å². The number of halogens is 7. The molecule has 0 saturated carbocycles. The molecule has 1 atom stereocenters. The monoisotopic (exact) mass is 562 g/mol. The highest BCUT2D eigenvalue weighted by atomic mass is 35.5. The van der Waals surface area contributed by atoms with Crippen molar-refractivity contribution in [2.45, 2.75) is 10.8 Å². The Labute approximate surface area is 208 Å². The minimum absolute atomic E-state index is 0.0964. The minimum Gasteiger partial charge on any atom is -0.282 e. The maximum atomic E-state index is 11.9. The van der Waals surface area contributed by atoms with E-state index in [4.69, 9.17) is 81.2 Å². The number of hydrogen-bond donors (Lipinski definition) is 1. The molecule has 3 aromatic carbocycles. The highest BCUT2D eigenvalue weighted by Gasteiger charge is 2.30. The largest absolute Gasteiger partial charge is 0.297 e. The predicted octanol–water partition coefficient (Wildman–Crippen LogP) is 8.69. The first-order valence-corrected chi connectivity index (χ1v) is 12.1. The molecule has 3 nitrogen and oxygen atoms in total. The molecule has 0 aliphatic heterocycles. The zero-order valence-electron chi connectivity index (χ0n) is 14.4. The molecule has 0 bridgehead atoms. The van der Waals surface area contributed by atoms with Crippen LogP contribution in [-0.2, 0) is 10.1 Å². The maximum Gasteiger partial charge on any atom is 0.297 e. The minimum atomic E-state index is -4.73. The van der Waals surface area contributed by atoms with Crippen LogP contribution < -0.4 is 0 Å². The van der Waals surface area contributed by atoms with Gasteiger partial charge in [0.25, 0.3) is 10.1 Å². The Kier molecular flexibility index (Phi) is 7.45. The number of benzene rings is 3. The fourth-order valence-corrected chi connectivity index (χ4v) is 5.81. The summed E-state index contributed by atoms with van der Waals surface area (Å²) in [4.78, 5) is -0.636. The van der Waals surface area contributed by atoms with Crippen LogP contribution in [0.3, 0.4) is 0 Å². The van der Waals surface area contributed by atoms with Crippen molar-refractivity contribution in [2.75, 3.05) is 0 Å². The van der Waals surface area contributed by atoms with Crippen molar-refractivity contribution < 1.29 is 13.0 Å². The zero-order chi connectivity index (χ0) is 22.4. The summed E-state index contributed by atoms with van der Waals surface area (Å²) in [7, 11) is -4.73. The molecule has 1 N–H and O–H groups in total. The molecule has 0 aromatic heterocycles. The van der Waals surface area contributed by atoms with Crippen molar-refractivity contribution in [1.82, 2.24) is 0 Å². The molecule has 3 rings (SSSR count). The van der Waals surface area contributed by atoms with E-state index in [1.807, 2.05) is 0 Å². The molecule has 0 fully saturated rings. The molecule has 3 aromatic rings. The van der Waals surface area contributed by atoms with Gasteiger partial charge in [-0.05, 0) is 34.9 Å². The van der Waals surface area contributed by atoms with Crippen molar-refractivity contribution in [3.8, 4) is 0 Å². The van der Waals surface area contributed by atoms with Gasteiger partial charge in [0.1, 0.15) is 4.90 Å². The van der Waals surface area contributed by atoms with E-state index in [0.29, 0.717) is 11.1 Å². The Morgan fingerprint density at radius 2 is 1.10 bits per heavy atom. The van der Waals surface area contributed by atoms with Crippen LogP contribution in [0.5, 0.6) is 0 Å². The van der Waals surface area contributed by atoms with Crippen molar-refractivity contribution >= 4 is 91.3 Å². The van der Waals surface area contributed by atoms with E-state index in [2.05, 4.69) is 0 Å². The van der Waals surface area contributed by atoms with Gasteiger partial charge in [-0.3, -0.25) is 4.55 Å². The van der Waals surface area contributed by atoms with Crippen LogP contribution >= 0.6 is 81.2 Å². The number of hydrogen-bond acceptors (Lipinski definition) is 2. The molecule has 0 radical (unpaired) electrons. The second kappa shape index (κ2) is 9.22. The summed E-state index contributed by atoms with van der Waals surface area (Å²) >= 11 is 43.8. The lowest BCUT2D eigenvalue weighted by molar-refractivity contribution is 0.483. The summed E-state index contributed by atoms with van der Waals surface area (Å²) in [6.07, 6.45) is 0. The van der Waals surface area contributed by atoms with Gasteiger partial charge in [0.15, 0.2) is 0 Å². The first-order chi connectivity index (χ1) is 13.9. The molecular formula is C19H9Cl7O3S. The molecule has 0 saturated heterocycles. The molecule has 1 unspecified atom stereocenters. The summed E-state index contributed by atoms with van der Waals surface area (Å²) < 4.78 is 33.4. The van der Waals surface area contributed by atoms with Gasteiger partial charge in [-0.2, -0.15) is 8.42 Å². The van der Waals surface area contributed by atoms with Crippen LogP contribution in [0.15, 0.2) is 47.4 Å². The van der Waals surface area contributed by atoms with Gasteiger partial charge in [-0.15, -0.1) is 0 Å². The van der Waals surface area contributed by atoms with E-state index in [1.54, 1.807) is 24.3 Å². The van der Waals surface area contributed by atoms with Crippen molar-refractivity contribution in [3.05, 3.63) is 94.3 Å². The lowest BCUT2D eigenvalue weighted by atomic mass is 9.85. The fourth-order valence-electron chi connectivity index (χ4n) is 3.02. The van der Waals surface area contributed by atoms with Crippen LogP contribution in [-0.4, -0.2) is 13.0 Å². The van der Waals surface area contributed by atoms with Gasteiger partial charge < -0.3 is 0 Å². The zero-order valence-corrected chi connectivity index (χ0v) is 20.5. The summed E-state index contributed by atoms with van der Waals surface area (Å²) in [5.74, 6) is -0.816. The molecule has 0 aliphatic rings. The SMILES string of the molecule is O=S(=O)(O)c1c(Cl)ccc(C(c2cccc(Cl)c2Cl)c2ccc(Cl)c(Cl)c2Cl)c1Cl. The maximum absolute atomic E-state index is 11.9.